The lowest BCUT2D eigenvalue weighted by molar-refractivity contribution is -0.121. The highest BCUT2D eigenvalue weighted by atomic mass is 16.5. The maximum absolute atomic E-state index is 12.8. The van der Waals surface area contributed by atoms with Crippen LogP contribution in [0.15, 0.2) is 24.3 Å². The molecule has 0 bridgehead atoms. The van der Waals surface area contributed by atoms with E-state index in [0.717, 1.165) is 12.8 Å². The maximum Gasteiger partial charge on any atom is 0.241 e. The van der Waals surface area contributed by atoms with Gasteiger partial charge in [-0.1, -0.05) is 6.07 Å². The van der Waals surface area contributed by atoms with Gasteiger partial charge < -0.3 is 20.5 Å². The Morgan fingerprint density at radius 3 is 2.56 bits per heavy atom. The van der Waals surface area contributed by atoms with Crippen molar-refractivity contribution in [2.75, 3.05) is 30.4 Å². The predicted molar refractivity (Wildman–Crippen MR) is 94.3 cm³/mol. The third-order valence-corrected chi connectivity index (χ3v) is 4.73. The van der Waals surface area contributed by atoms with Crippen molar-refractivity contribution in [1.29, 1.82) is 0 Å². The lowest BCUT2D eigenvalue weighted by atomic mass is 10.1. The number of carbonyl (C=O) groups excluding carboxylic acids is 2. The molecular weight excluding hydrogens is 322 g/mol. The Kier molecular flexibility index (Phi) is 5.67. The lowest BCUT2D eigenvalue weighted by Gasteiger charge is -2.34. The van der Waals surface area contributed by atoms with Crippen LogP contribution >= 0.6 is 0 Å². The van der Waals surface area contributed by atoms with E-state index in [-0.39, 0.29) is 23.9 Å². The van der Waals surface area contributed by atoms with E-state index in [1.165, 1.54) is 6.92 Å². The number of carbonyl (C=O) groups is 2. The van der Waals surface area contributed by atoms with Gasteiger partial charge in [0.2, 0.25) is 11.8 Å². The van der Waals surface area contributed by atoms with E-state index in [4.69, 9.17) is 4.74 Å². The number of anilines is 2. The van der Waals surface area contributed by atoms with Gasteiger partial charge in [0, 0.05) is 44.1 Å². The molecule has 0 radical (unpaired) electrons. The first kappa shape index (κ1) is 17.8. The Hall–Kier alpha value is -1.96. The smallest absolute Gasteiger partial charge is 0.241 e. The highest BCUT2D eigenvalue weighted by molar-refractivity contribution is 5.96. The quantitative estimate of drug-likeness (QED) is 0.761. The SMILES string of the molecule is CC(=O)Nc1cccc(NC(=O)[C@@H]2C[C@@H](O)CN2C2CCOCC2)c1. The van der Waals surface area contributed by atoms with E-state index in [1.54, 1.807) is 24.3 Å². The molecule has 1 aromatic rings. The largest absolute Gasteiger partial charge is 0.392 e. The maximum atomic E-state index is 12.8. The third-order valence-electron chi connectivity index (χ3n) is 4.73. The van der Waals surface area contributed by atoms with Crippen molar-refractivity contribution in [3.05, 3.63) is 24.3 Å². The summed E-state index contributed by atoms with van der Waals surface area (Å²) in [6, 6.07) is 6.98. The molecule has 1 aromatic carbocycles. The van der Waals surface area contributed by atoms with Crippen LogP contribution in [-0.4, -0.2) is 59.8 Å². The molecule has 2 atom stereocenters. The van der Waals surface area contributed by atoms with Crippen LogP contribution in [0.25, 0.3) is 0 Å². The lowest BCUT2D eigenvalue weighted by Crippen LogP contribution is -2.47. The van der Waals surface area contributed by atoms with Crippen LogP contribution in [0.5, 0.6) is 0 Å². The second kappa shape index (κ2) is 7.95. The molecule has 3 N–H and O–H groups in total. The van der Waals surface area contributed by atoms with Gasteiger partial charge in [-0.05, 0) is 37.5 Å². The van der Waals surface area contributed by atoms with Gasteiger partial charge in [-0.3, -0.25) is 14.5 Å². The zero-order valence-corrected chi connectivity index (χ0v) is 14.4. The number of aliphatic hydroxyl groups excluding tert-OH is 1. The molecule has 3 rings (SSSR count). The molecule has 25 heavy (non-hydrogen) atoms. The van der Waals surface area contributed by atoms with Crippen molar-refractivity contribution in [1.82, 2.24) is 4.90 Å². The Bertz CT molecular complexity index is 631. The van der Waals surface area contributed by atoms with Crippen molar-refractivity contribution in [2.24, 2.45) is 0 Å². The molecule has 0 aliphatic carbocycles. The molecule has 2 amide bonds. The number of nitrogens with zero attached hydrogens (tertiary/aromatic N) is 1. The Morgan fingerprint density at radius 1 is 1.20 bits per heavy atom. The van der Waals surface area contributed by atoms with Crippen LogP contribution in [-0.2, 0) is 14.3 Å². The van der Waals surface area contributed by atoms with Crippen molar-refractivity contribution >= 4 is 23.2 Å². The number of rotatable bonds is 4. The summed E-state index contributed by atoms with van der Waals surface area (Å²) < 4.78 is 5.40. The van der Waals surface area contributed by atoms with Crippen LogP contribution < -0.4 is 10.6 Å². The second-order valence-corrected chi connectivity index (χ2v) is 6.70. The van der Waals surface area contributed by atoms with Gasteiger partial charge >= 0.3 is 0 Å². The third kappa shape index (κ3) is 4.56. The molecule has 0 saturated carbocycles. The average molecular weight is 347 g/mol. The molecule has 2 aliphatic heterocycles. The summed E-state index contributed by atoms with van der Waals surface area (Å²) in [6.45, 7) is 3.36. The molecule has 2 saturated heterocycles. The average Bonchev–Trinajstić information content (AvgIpc) is 2.97. The van der Waals surface area contributed by atoms with Gasteiger partial charge in [-0.15, -0.1) is 0 Å². The van der Waals surface area contributed by atoms with Crippen LogP contribution in [0, 0.1) is 0 Å². The Balaban J connectivity index is 1.67. The predicted octanol–water partition coefficient (Wildman–Crippen LogP) is 1.20. The highest BCUT2D eigenvalue weighted by Crippen LogP contribution is 2.27. The van der Waals surface area contributed by atoms with Crippen molar-refractivity contribution < 1.29 is 19.4 Å². The van der Waals surface area contributed by atoms with E-state index < -0.39 is 6.10 Å². The molecule has 2 heterocycles. The fourth-order valence-electron chi connectivity index (χ4n) is 3.62. The van der Waals surface area contributed by atoms with Gasteiger partial charge in [-0.25, -0.2) is 0 Å². The zero-order chi connectivity index (χ0) is 17.8. The van der Waals surface area contributed by atoms with Crippen LogP contribution in [0.4, 0.5) is 11.4 Å². The number of ether oxygens (including phenoxy) is 1. The Morgan fingerprint density at radius 2 is 1.88 bits per heavy atom. The van der Waals surface area contributed by atoms with E-state index >= 15 is 0 Å². The highest BCUT2D eigenvalue weighted by Gasteiger charge is 2.40. The fraction of sp³-hybridized carbons (Fsp3) is 0.556. The standard InChI is InChI=1S/C18H25N3O4/c1-12(22)19-13-3-2-4-14(9-13)20-18(24)17-10-16(23)11-21(17)15-5-7-25-8-6-15/h2-4,9,15-17,23H,5-8,10-11H2,1H3,(H,19,22)(H,20,24)/t16-,17+/m1/s1. The summed E-state index contributed by atoms with van der Waals surface area (Å²) >= 11 is 0. The van der Waals surface area contributed by atoms with Crippen molar-refractivity contribution in [3.63, 3.8) is 0 Å². The fourth-order valence-corrected chi connectivity index (χ4v) is 3.62. The molecular formula is C18H25N3O4. The van der Waals surface area contributed by atoms with Gasteiger partial charge in [-0.2, -0.15) is 0 Å². The van der Waals surface area contributed by atoms with E-state index in [0.29, 0.717) is 37.6 Å². The first-order valence-electron chi connectivity index (χ1n) is 8.73. The number of hydrogen-bond donors (Lipinski definition) is 3. The number of β-amino-alcohol motifs (C(OH)–C–C–N with tert-alkyl or cyclic N) is 1. The molecule has 0 unspecified atom stereocenters. The minimum absolute atomic E-state index is 0.122. The number of hydrogen-bond acceptors (Lipinski definition) is 5. The molecule has 7 nitrogen and oxygen atoms in total. The molecule has 0 aromatic heterocycles. The normalized spacial score (nSPS) is 24.9. The van der Waals surface area contributed by atoms with Gasteiger partial charge in [0.05, 0.1) is 12.1 Å². The monoisotopic (exact) mass is 347 g/mol. The summed E-state index contributed by atoms with van der Waals surface area (Å²) in [4.78, 5) is 26.0. The van der Waals surface area contributed by atoms with Crippen molar-refractivity contribution in [2.45, 2.75) is 44.4 Å². The summed E-state index contributed by atoms with van der Waals surface area (Å²) in [5.41, 5.74) is 1.27. The van der Waals surface area contributed by atoms with E-state index in [1.807, 2.05) is 0 Å². The van der Waals surface area contributed by atoms with Gasteiger partial charge in [0.25, 0.3) is 0 Å². The number of benzene rings is 1. The number of aliphatic hydroxyl groups is 1. The number of likely N-dealkylation sites (tertiary alicyclic amines) is 1. The second-order valence-electron chi connectivity index (χ2n) is 6.70. The summed E-state index contributed by atoms with van der Waals surface area (Å²) in [5.74, 6) is -0.281. The first-order valence-corrected chi connectivity index (χ1v) is 8.73. The molecule has 7 heteroatoms. The summed E-state index contributed by atoms with van der Waals surface area (Å²) in [6.07, 6.45) is 1.72. The number of nitrogens with one attached hydrogen (secondary N) is 2. The molecule has 2 aliphatic rings. The van der Waals surface area contributed by atoms with Crippen LogP contribution in [0.1, 0.15) is 26.2 Å². The van der Waals surface area contributed by atoms with Crippen molar-refractivity contribution in [3.8, 4) is 0 Å². The van der Waals surface area contributed by atoms with E-state index in [9.17, 15) is 14.7 Å². The van der Waals surface area contributed by atoms with E-state index in [2.05, 4.69) is 15.5 Å². The molecule has 2 fully saturated rings. The Labute approximate surface area is 147 Å². The summed E-state index contributed by atoms with van der Waals surface area (Å²) in [7, 11) is 0. The first-order chi connectivity index (χ1) is 12.0. The zero-order valence-electron chi connectivity index (χ0n) is 14.4. The topological polar surface area (TPSA) is 90.9 Å². The van der Waals surface area contributed by atoms with Crippen LogP contribution in [0.2, 0.25) is 0 Å². The minimum atomic E-state index is -0.482. The van der Waals surface area contributed by atoms with Gasteiger partial charge in [0.15, 0.2) is 0 Å². The minimum Gasteiger partial charge on any atom is -0.392 e. The summed E-state index contributed by atoms with van der Waals surface area (Å²) in [5, 5.41) is 15.7. The molecule has 136 valence electrons. The van der Waals surface area contributed by atoms with Gasteiger partial charge in [0.1, 0.15) is 0 Å². The van der Waals surface area contributed by atoms with Crippen LogP contribution in [0.3, 0.4) is 0 Å². The number of amides is 2. The molecule has 0 spiro atoms.